The van der Waals surface area contributed by atoms with E-state index in [9.17, 15) is 18.0 Å². The van der Waals surface area contributed by atoms with E-state index in [2.05, 4.69) is 9.97 Å². The van der Waals surface area contributed by atoms with Crippen LogP contribution in [0.25, 0.3) is 11.1 Å². The van der Waals surface area contributed by atoms with Gasteiger partial charge in [0, 0.05) is 26.0 Å². The third-order valence-corrected chi connectivity index (χ3v) is 5.10. The van der Waals surface area contributed by atoms with Crippen molar-refractivity contribution in [3.8, 4) is 11.1 Å². The SMILES string of the molecule is CN(Cc1ccccc1-c1ccc(C(F)(F)F)cc1)C(=O)CSc1ncccn1. The van der Waals surface area contributed by atoms with Crippen LogP contribution in [0.1, 0.15) is 11.1 Å². The van der Waals surface area contributed by atoms with E-state index in [1.165, 1.54) is 23.9 Å². The molecule has 1 amide bonds. The standard InChI is InChI=1S/C21H18F3N3OS/c1-27(19(28)14-29-20-25-11-4-12-26-20)13-16-5-2-3-6-18(16)15-7-9-17(10-8-15)21(22,23)24/h2-12H,13-14H2,1H3. The molecule has 0 atom stereocenters. The average Bonchev–Trinajstić information content (AvgIpc) is 2.72. The highest BCUT2D eigenvalue weighted by Crippen LogP contribution is 2.32. The maximum atomic E-state index is 12.8. The van der Waals surface area contributed by atoms with Crippen molar-refractivity contribution in [1.82, 2.24) is 14.9 Å². The average molecular weight is 417 g/mol. The van der Waals surface area contributed by atoms with Gasteiger partial charge in [-0.3, -0.25) is 4.79 Å². The molecule has 0 radical (unpaired) electrons. The molecule has 4 nitrogen and oxygen atoms in total. The van der Waals surface area contributed by atoms with E-state index in [0.29, 0.717) is 17.3 Å². The highest BCUT2D eigenvalue weighted by molar-refractivity contribution is 7.99. The van der Waals surface area contributed by atoms with E-state index in [1.54, 1.807) is 30.4 Å². The summed E-state index contributed by atoms with van der Waals surface area (Å²) >= 11 is 1.25. The van der Waals surface area contributed by atoms with Crippen LogP contribution >= 0.6 is 11.8 Å². The number of carbonyl (C=O) groups is 1. The molecular weight excluding hydrogens is 399 g/mol. The van der Waals surface area contributed by atoms with E-state index in [4.69, 9.17) is 0 Å². The molecule has 150 valence electrons. The van der Waals surface area contributed by atoms with Crippen LogP contribution in [0.5, 0.6) is 0 Å². The lowest BCUT2D eigenvalue weighted by atomic mass is 9.98. The summed E-state index contributed by atoms with van der Waals surface area (Å²) in [4.78, 5) is 22.2. The highest BCUT2D eigenvalue weighted by Gasteiger charge is 2.30. The number of aromatic nitrogens is 2. The first-order valence-electron chi connectivity index (χ1n) is 8.74. The van der Waals surface area contributed by atoms with Crippen LogP contribution in [0, 0.1) is 0 Å². The van der Waals surface area contributed by atoms with Crippen LogP contribution in [0.3, 0.4) is 0 Å². The van der Waals surface area contributed by atoms with Crippen molar-refractivity contribution in [2.75, 3.05) is 12.8 Å². The number of nitrogens with zero attached hydrogens (tertiary/aromatic N) is 3. The molecule has 3 aromatic rings. The number of carbonyl (C=O) groups excluding carboxylic acids is 1. The summed E-state index contributed by atoms with van der Waals surface area (Å²) in [5.74, 6) is 0.104. The second-order valence-electron chi connectivity index (χ2n) is 6.30. The number of thioether (sulfide) groups is 1. The molecule has 0 aliphatic heterocycles. The zero-order chi connectivity index (χ0) is 20.9. The Bertz CT molecular complexity index is 963. The maximum Gasteiger partial charge on any atom is 0.416 e. The highest BCUT2D eigenvalue weighted by atomic mass is 32.2. The Hall–Kier alpha value is -2.87. The quantitative estimate of drug-likeness (QED) is 0.422. The van der Waals surface area contributed by atoms with Crippen molar-refractivity contribution >= 4 is 17.7 Å². The third-order valence-electron chi connectivity index (χ3n) is 4.24. The predicted molar refractivity (Wildman–Crippen MR) is 106 cm³/mol. The fraction of sp³-hybridized carbons (Fsp3) is 0.190. The van der Waals surface area contributed by atoms with Crippen LogP contribution in [0.15, 0.2) is 72.1 Å². The summed E-state index contributed by atoms with van der Waals surface area (Å²) in [6.07, 6.45) is -1.14. The van der Waals surface area contributed by atoms with Crippen molar-refractivity contribution in [3.63, 3.8) is 0 Å². The Morgan fingerprint density at radius 2 is 1.66 bits per heavy atom. The van der Waals surface area contributed by atoms with Gasteiger partial charge in [-0.05, 0) is 34.9 Å². The molecule has 0 spiro atoms. The predicted octanol–water partition coefficient (Wildman–Crippen LogP) is 4.91. The Morgan fingerprint density at radius 3 is 2.31 bits per heavy atom. The van der Waals surface area contributed by atoms with Crippen molar-refractivity contribution in [3.05, 3.63) is 78.1 Å². The summed E-state index contributed by atoms with van der Waals surface area (Å²) in [5, 5.41) is 0.527. The minimum absolute atomic E-state index is 0.0929. The number of alkyl halides is 3. The molecule has 0 saturated heterocycles. The van der Waals surface area contributed by atoms with Gasteiger partial charge in [0.15, 0.2) is 5.16 Å². The zero-order valence-corrected chi connectivity index (χ0v) is 16.4. The van der Waals surface area contributed by atoms with E-state index >= 15 is 0 Å². The van der Waals surface area contributed by atoms with Crippen LogP contribution in [-0.4, -0.2) is 33.6 Å². The van der Waals surface area contributed by atoms with Crippen LogP contribution in [0.2, 0.25) is 0 Å². The minimum atomic E-state index is -4.37. The molecule has 0 aliphatic carbocycles. The fourth-order valence-electron chi connectivity index (χ4n) is 2.72. The van der Waals surface area contributed by atoms with E-state index in [1.807, 2.05) is 24.3 Å². The first kappa shape index (κ1) is 20.9. The summed E-state index contributed by atoms with van der Waals surface area (Å²) in [6, 6.07) is 14.1. The summed E-state index contributed by atoms with van der Waals surface area (Å²) in [7, 11) is 1.69. The fourth-order valence-corrected chi connectivity index (χ4v) is 3.46. The van der Waals surface area contributed by atoms with Gasteiger partial charge in [-0.15, -0.1) is 0 Å². The number of halogens is 3. The van der Waals surface area contributed by atoms with Gasteiger partial charge in [0.1, 0.15) is 0 Å². The molecule has 2 aromatic carbocycles. The molecule has 0 N–H and O–H groups in total. The molecule has 29 heavy (non-hydrogen) atoms. The molecule has 3 rings (SSSR count). The molecule has 8 heteroatoms. The van der Waals surface area contributed by atoms with Crippen LogP contribution in [-0.2, 0) is 17.5 Å². The normalized spacial score (nSPS) is 11.3. The maximum absolute atomic E-state index is 12.8. The van der Waals surface area contributed by atoms with Gasteiger partial charge in [-0.2, -0.15) is 13.2 Å². The van der Waals surface area contributed by atoms with E-state index < -0.39 is 11.7 Å². The van der Waals surface area contributed by atoms with Gasteiger partial charge < -0.3 is 4.90 Å². The molecule has 0 unspecified atom stereocenters. The Labute approximate surface area is 170 Å². The second kappa shape index (κ2) is 9.09. The lowest BCUT2D eigenvalue weighted by Gasteiger charge is -2.19. The Morgan fingerprint density at radius 1 is 1.00 bits per heavy atom. The molecule has 0 fully saturated rings. The van der Waals surface area contributed by atoms with E-state index in [0.717, 1.165) is 23.3 Å². The lowest BCUT2D eigenvalue weighted by molar-refractivity contribution is -0.137. The lowest BCUT2D eigenvalue weighted by Crippen LogP contribution is -2.28. The second-order valence-corrected chi connectivity index (χ2v) is 7.24. The molecule has 0 saturated carbocycles. The first-order valence-corrected chi connectivity index (χ1v) is 9.72. The number of benzene rings is 2. The van der Waals surface area contributed by atoms with Gasteiger partial charge in [-0.1, -0.05) is 48.2 Å². The zero-order valence-electron chi connectivity index (χ0n) is 15.6. The molecule has 1 heterocycles. The minimum Gasteiger partial charge on any atom is -0.341 e. The third kappa shape index (κ3) is 5.57. The smallest absolute Gasteiger partial charge is 0.341 e. The van der Waals surface area contributed by atoms with Gasteiger partial charge in [0.05, 0.1) is 11.3 Å². The molecule has 0 bridgehead atoms. The number of amides is 1. The largest absolute Gasteiger partial charge is 0.416 e. The summed E-state index contributed by atoms with van der Waals surface area (Å²) in [5.41, 5.74) is 1.62. The van der Waals surface area contributed by atoms with E-state index in [-0.39, 0.29) is 11.7 Å². The van der Waals surface area contributed by atoms with Crippen molar-refractivity contribution in [2.45, 2.75) is 17.9 Å². The number of hydrogen-bond donors (Lipinski definition) is 0. The van der Waals surface area contributed by atoms with Crippen LogP contribution in [0.4, 0.5) is 13.2 Å². The number of rotatable bonds is 6. The van der Waals surface area contributed by atoms with Crippen molar-refractivity contribution < 1.29 is 18.0 Å². The summed E-state index contributed by atoms with van der Waals surface area (Å²) < 4.78 is 38.4. The Kier molecular flexibility index (Phi) is 6.53. The van der Waals surface area contributed by atoms with Gasteiger partial charge in [-0.25, -0.2) is 9.97 Å². The van der Waals surface area contributed by atoms with Gasteiger partial charge >= 0.3 is 6.18 Å². The number of hydrogen-bond acceptors (Lipinski definition) is 4. The van der Waals surface area contributed by atoms with Crippen molar-refractivity contribution in [1.29, 1.82) is 0 Å². The molecule has 1 aromatic heterocycles. The van der Waals surface area contributed by atoms with Gasteiger partial charge in [0.2, 0.25) is 5.91 Å². The van der Waals surface area contributed by atoms with Crippen LogP contribution < -0.4 is 0 Å². The molecule has 0 aliphatic rings. The summed E-state index contributed by atoms with van der Waals surface area (Å²) in [6.45, 7) is 0.340. The van der Waals surface area contributed by atoms with Gasteiger partial charge in [0.25, 0.3) is 0 Å². The van der Waals surface area contributed by atoms with Crippen molar-refractivity contribution in [2.24, 2.45) is 0 Å². The first-order chi connectivity index (χ1) is 13.8. The molecular formula is C21H18F3N3OS. The Balaban J connectivity index is 1.70. The monoisotopic (exact) mass is 417 g/mol. The topological polar surface area (TPSA) is 46.1 Å².